The SMILES string of the molecule is CC(C)[C@H](NC(=O)OC(C)(C)C)C(=O)OCC1COC1. The first kappa shape index (κ1) is 16.8. The maximum absolute atomic E-state index is 12.0. The monoisotopic (exact) mass is 287 g/mol. The number of carbonyl (C=O) groups excluding carboxylic acids is 2. The van der Waals surface area contributed by atoms with E-state index in [2.05, 4.69) is 5.32 Å². The van der Waals surface area contributed by atoms with Crippen molar-refractivity contribution >= 4 is 12.1 Å². The third-order valence-electron chi connectivity index (χ3n) is 2.76. The molecule has 0 aliphatic carbocycles. The van der Waals surface area contributed by atoms with Gasteiger partial charge in [-0.1, -0.05) is 13.8 Å². The molecule has 1 aliphatic heterocycles. The van der Waals surface area contributed by atoms with Crippen LogP contribution in [0.15, 0.2) is 0 Å². The normalized spacial score (nSPS) is 17.3. The van der Waals surface area contributed by atoms with Crippen LogP contribution in [-0.2, 0) is 19.0 Å². The van der Waals surface area contributed by atoms with Crippen molar-refractivity contribution in [2.45, 2.75) is 46.3 Å². The second-order valence-corrected chi connectivity index (χ2v) is 6.40. The summed E-state index contributed by atoms with van der Waals surface area (Å²) in [5.74, 6) is -0.237. The first-order valence-corrected chi connectivity index (χ1v) is 6.93. The molecule has 1 heterocycles. The summed E-state index contributed by atoms with van der Waals surface area (Å²) >= 11 is 0. The van der Waals surface area contributed by atoms with Crippen LogP contribution in [0.2, 0.25) is 0 Å². The maximum Gasteiger partial charge on any atom is 0.408 e. The van der Waals surface area contributed by atoms with Crippen LogP contribution in [0.25, 0.3) is 0 Å². The molecule has 1 fully saturated rings. The molecule has 0 aromatic carbocycles. The molecule has 0 aromatic heterocycles. The highest BCUT2D eigenvalue weighted by molar-refractivity contribution is 5.81. The van der Waals surface area contributed by atoms with Gasteiger partial charge in [-0.2, -0.15) is 0 Å². The zero-order chi connectivity index (χ0) is 15.3. The van der Waals surface area contributed by atoms with E-state index in [-0.39, 0.29) is 11.8 Å². The second-order valence-electron chi connectivity index (χ2n) is 6.40. The molecule has 116 valence electrons. The number of hydrogen-bond acceptors (Lipinski definition) is 5. The zero-order valence-electron chi connectivity index (χ0n) is 12.9. The number of nitrogens with one attached hydrogen (secondary N) is 1. The molecule has 6 nitrogen and oxygen atoms in total. The van der Waals surface area contributed by atoms with Crippen molar-refractivity contribution in [3.05, 3.63) is 0 Å². The molecule has 6 heteroatoms. The molecule has 1 amide bonds. The quantitative estimate of drug-likeness (QED) is 0.779. The second kappa shape index (κ2) is 6.92. The highest BCUT2D eigenvalue weighted by Gasteiger charge is 2.29. The van der Waals surface area contributed by atoms with Gasteiger partial charge in [0.15, 0.2) is 0 Å². The summed E-state index contributed by atoms with van der Waals surface area (Å²) in [5, 5.41) is 2.57. The molecular formula is C14H25NO5. The minimum absolute atomic E-state index is 0.0762. The molecule has 1 atom stereocenters. The molecule has 1 N–H and O–H groups in total. The fraction of sp³-hybridized carbons (Fsp3) is 0.857. The summed E-state index contributed by atoms with van der Waals surface area (Å²) in [6.07, 6.45) is -0.611. The van der Waals surface area contributed by atoms with Gasteiger partial charge in [0.05, 0.1) is 19.8 Å². The van der Waals surface area contributed by atoms with Crippen molar-refractivity contribution in [3.8, 4) is 0 Å². The van der Waals surface area contributed by atoms with Crippen molar-refractivity contribution in [1.82, 2.24) is 5.32 Å². The first-order chi connectivity index (χ1) is 9.19. The van der Waals surface area contributed by atoms with Crippen molar-refractivity contribution in [2.75, 3.05) is 19.8 Å². The van der Waals surface area contributed by atoms with Gasteiger partial charge >= 0.3 is 12.1 Å². The molecule has 1 saturated heterocycles. The van der Waals surface area contributed by atoms with Gasteiger partial charge in [0.1, 0.15) is 11.6 Å². The molecule has 20 heavy (non-hydrogen) atoms. The zero-order valence-corrected chi connectivity index (χ0v) is 12.9. The van der Waals surface area contributed by atoms with Crippen LogP contribution in [0.4, 0.5) is 4.79 Å². The maximum atomic E-state index is 12.0. The van der Waals surface area contributed by atoms with Crippen molar-refractivity contribution < 1.29 is 23.8 Å². The Balaban J connectivity index is 2.45. The van der Waals surface area contributed by atoms with Crippen molar-refractivity contribution in [1.29, 1.82) is 0 Å². The predicted octanol–water partition coefficient (Wildman–Crippen LogP) is 1.73. The largest absolute Gasteiger partial charge is 0.464 e. The number of rotatable bonds is 5. The Morgan fingerprint density at radius 3 is 2.30 bits per heavy atom. The summed E-state index contributed by atoms with van der Waals surface area (Å²) in [6.45, 7) is 10.6. The van der Waals surface area contributed by atoms with Crippen LogP contribution < -0.4 is 5.32 Å². The van der Waals surface area contributed by atoms with Crippen LogP contribution in [0, 0.1) is 11.8 Å². The van der Waals surface area contributed by atoms with E-state index in [0.717, 1.165) is 0 Å². The van der Waals surface area contributed by atoms with E-state index < -0.39 is 23.7 Å². The van der Waals surface area contributed by atoms with E-state index in [1.54, 1.807) is 20.8 Å². The van der Waals surface area contributed by atoms with E-state index >= 15 is 0 Å². The van der Waals surface area contributed by atoms with E-state index in [1.165, 1.54) is 0 Å². The van der Waals surface area contributed by atoms with E-state index in [9.17, 15) is 9.59 Å². The molecule has 0 radical (unpaired) electrons. The lowest BCUT2D eigenvalue weighted by Crippen LogP contribution is -2.47. The Labute approximate surface area is 120 Å². The molecule has 1 aliphatic rings. The number of hydrogen-bond donors (Lipinski definition) is 1. The average molecular weight is 287 g/mol. The third kappa shape index (κ3) is 5.77. The molecule has 0 unspecified atom stereocenters. The highest BCUT2D eigenvalue weighted by Crippen LogP contribution is 2.13. The molecule has 0 bridgehead atoms. The van der Waals surface area contributed by atoms with Gasteiger partial charge in [-0.15, -0.1) is 0 Å². The van der Waals surface area contributed by atoms with Gasteiger partial charge in [0.2, 0.25) is 0 Å². The van der Waals surface area contributed by atoms with Crippen LogP contribution in [0.3, 0.4) is 0 Å². The highest BCUT2D eigenvalue weighted by atomic mass is 16.6. The number of ether oxygens (including phenoxy) is 3. The molecule has 1 rings (SSSR count). The minimum atomic E-state index is -0.703. The predicted molar refractivity (Wildman–Crippen MR) is 73.3 cm³/mol. The standard InChI is InChI=1S/C14H25NO5/c1-9(2)11(15-13(17)20-14(3,4)5)12(16)19-8-10-6-18-7-10/h9-11H,6-8H2,1-5H3,(H,15,17)/t11-/m0/s1. The van der Waals surface area contributed by atoms with Crippen molar-refractivity contribution in [3.63, 3.8) is 0 Å². The Kier molecular flexibility index (Phi) is 5.80. The molecular weight excluding hydrogens is 262 g/mol. The lowest BCUT2D eigenvalue weighted by Gasteiger charge is -2.28. The Morgan fingerprint density at radius 2 is 1.90 bits per heavy atom. The summed E-state index contributed by atoms with van der Waals surface area (Å²) in [6, 6.07) is -0.703. The lowest BCUT2D eigenvalue weighted by atomic mass is 10.0. The summed E-state index contributed by atoms with van der Waals surface area (Å²) in [4.78, 5) is 23.7. The van der Waals surface area contributed by atoms with E-state index in [4.69, 9.17) is 14.2 Å². The van der Waals surface area contributed by atoms with Gasteiger partial charge in [-0.25, -0.2) is 9.59 Å². The fourth-order valence-corrected chi connectivity index (χ4v) is 1.60. The summed E-state index contributed by atoms with van der Waals surface area (Å²) in [7, 11) is 0. The molecule has 0 aromatic rings. The first-order valence-electron chi connectivity index (χ1n) is 6.93. The van der Waals surface area contributed by atoms with Gasteiger partial charge in [-0.3, -0.25) is 0 Å². The van der Waals surface area contributed by atoms with Crippen LogP contribution in [-0.4, -0.2) is 43.5 Å². The minimum Gasteiger partial charge on any atom is -0.464 e. The number of esters is 1. The third-order valence-corrected chi connectivity index (χ3v) is 2.76. The van der Waals surface area contributed by atoms with Gasteiger partial charge in [-0.05, 0) is 26.7 Å². The van der Waals surface area contributed by atoms with Crippen LogP contribution in [0.1, 0.15) is 34.6 Å². The van der Waals surface area contributed by atoms with E-state index in [0.29, 0.717) is 19.8 Å². The van der Waals surface area contributed by atoms with Crippen LogP contribution in [0.5, 0.6) is 0 Å². The number of amides is 1. The van der Waals surface area contributed by atoms with Crippen molar-refractivity contribution in [2.24, 2.45) is 11.8 Å². The van der Waals surface area contributed by atoms with Crippen LogP contribution >= 0.6 is 0 Å². The topological polar surface area (TPSA) is 73.9 Å². The Morgan fingerprint density at radius 1 is 1.30 bits per heavy atom. The lowest BCUT2D eigenvalue weighted by molar-refractivity contribution is -0.154. The molecule has 0 spiro atoms. The molecule has 0 saturated carbocycles. The fourth-order valence-electron chi connectivity index (χ4n) is 1.60. The summed E-state index contributed by atoms with van der Waals surface area (Å²) < 4.78 is 15.4. The van der Waals surface area contributed by atoms with Gasteiger partial charge < -0.3 is 19.5 Å². The van der Waals surface area contributed by atoms with Gasteiger partial charge in [0, 0.05) is 5.92 Å². The Bertz CT molecular complexity index is 344. The number of alkyl carbamates (subject to hydrolysis) is 1. The summed E-state index contributed by atoms with van der Waals surface area (Å²) in [5.41, 5.74) is -0.598. The average Bonchev–Trinajstić information content (AvgIpc) is 2.20. The Hall–Kier alpha value is -1.30. The van der Waals surface area contributed by atoms with E-state index in [1.807, 2.05) is 13.8 Å². The number of carbonyl (C=O) groups is 2. The smallest absolute Gasteiger partial charge is 0.408 e. The van der Waals surface area contributed by atoms with Gasteiger partial charge in [0.25, 0.3) is 0 Å².